The molecule has 2 nitrogen and oxygen atoms in total. The zero-order valence-electron chi connectivity index (χ0n) is 17.4. The third-order valence-electron chi connectivity index (χ3n) is 5.26. The maximum atomic E-state index is 15.0. The molecule has 3 aromatic carbocycles. The van der Waals surface area contributed by atoms with Crippen LogP contribution < -0.4 is 9.47 Å². The second-order valence-electron chi connectivity index (χ2n) is 7.48. The Morgan fingerprint density at radius 3 is 1.52 bits per heavy atom. The highest BCUT2D eigenvalue weighted by molar-refractivity contribution is 6.08. The van der Waals surface area contributed by atoms with Gasteiger partial charge in [-0.05, 0) is 47.9 Å². The fourth-order valence-corrected chi connectivity index (χ4v) is 3.55. The Kier molecular flexibility index (Phi) is 7.68. The van der Waals surface area contributed by atoms with Gasteiger partial charge in [0.25, 0.3) is 0 Å². The Bertz CT molecular complexity index is 953. The summed E-state index contributed by atoms with van der Waals surface area (Å²) in [5, 5.41) is 2.23. The average molecular weight is 401 g/mol. The van der Waals surface area contributed by atoms with Crippen LogP contribution >= 0.6 is 0 Å². The number of halogens is 2. The highest BCUT2D eigenvalue weighted by Gasteiger charge is 2.14. The van der Waals surface area contributed by atoms with E-state index in [1.165, 1.54) is 19.3 Å². The summed E-state index contributed by atoms with van der Waals surface area (Å²) in [6.45, 7) is 5.23. The lowest BCUT2D eigenvalue weighted by Gasteiger charge is -2.13. The lowest BCUT2D eigenvalue weighted by atomic mass is 10.0. The molecule has 0 N–H and O–H groups in total. The zero-order chi connectivity index (χ0) is 20.6. The second-order valence-corrected chi connectivity index (χ2v) is 7.48. The molecule has 0 fully saturated rings. The van der Waals surface area contributed by atoms with Crippen LogP contribution in [0.15, 0.2) is 36.4 Å². The number of fused-ring (bicyclic) bond motifs is 3. The van der Waals surface area contributed by atoms with Crippen molar-refractivity contribution in [2.75, 3.05) is 13.2 Å². The molecule has 0 aliphatic carbocycles. The molecule has 0 heterocycles. The molecule has 0 aliphatic heterocycles. The van der Waals surface area contributed by atoms with Gasteiger partial charge >= 0.3 is 0 Å². The van der Waals surface area contributed by atoms with Crippen molar-refractivity contribution in [3.8, 4) is 11.5 Å². The topological polar surface area (TPSA) is 18.5 Å². The molecule has 0 saturated carbocycles. The van der Waals surface area contributed by atoms with Crippen LogP contribution in [0.5, 0.6) is 11.5 Å². The summed E-state index contributed by atoms with van der Waals surface area (Å²) in [4.78, 5) is 0. The van der Waals surface area contributed by atoms with Gasteiger partial charge in [0.2, 0.25) is 0 Å². The summed E-state index contributed by atoms with van der Waals surface area (Å²) in [5.74, 6) is -0.281. The van der Waals surface area contributed by atoms with Gasteiger partial charge in [-0.2, -0.15) is 0 Å². The number of unbranched alkanes of at least 4 members (excludes halogenated alkanes) is 5. The van der Waals surface area contributed by atoms with Crippen LogP contribution in [0, 0.1) is 11.6 Å². The van der Waals surface area contributed by atoms with Crippen LogP contribution in [0.4, 0.5) is 8.78 Å². The minimum absolute atomic E-state index is 0.244. The Morgan fingerprint density at radius 1 is 0.552 bits per heavy atom. The van der Waals surface area contributed by atoms with Gasteiger partial charge in [0.15, 0.2) is 23.1 Å². The molecule has 29 heavy (non-hydrogen) atoms. The number of benzene rings is 3. The first kappa shape index (κ1) is 21.4. The molecule has 0 radical (unpaired) electrons. The average Bonchev–Trinajstić information content (AvgIpc) is 2.73. The van der Waals surface area contributed by atoms with E-state index in [4.69, 9.17) is 9.47 Å². The lowest BCUT2D eigenvalue weighted by molar-refractivity contribution is 0.291. The Balaban J connectivity index is 1.81. The summed E-state index contributed by atoms with van der Waals surface area (Å²) in [7, 11) is 0. The van der Waals surface area contributed by atoms with E-state index >= 15 is 0 Å². The fourth-order valence-electron chi connectivity index (χ4n) is 3.55. The fraction of sp³-hybridized carbons (Fsp3) is 0.440. The van der Waals surface area contributed by atoms with Gasteiger partial charge in [0.1, 0.15) is 0 Å². The van der Waals surface area contributed by atoms with Gasteiger partial charge < -0.3 is 9.47 Å². The largest absolute Gasteiger partial charge is 0.490 e. The van der Waals surface area contributed by atoms with Crippen molar-refractivity contribution in [3.05, 3.63) is 48.0 Å². The normalized spacial score (nSPS) is 11.3. The minimum atomic E-state index is -0.395. The molecular weight excluding hydrogens is 370 g/mol. The molecule has 0 bridgehead atoms. The van der Waals surface area contributed by atoms with Crippen LogP contribution in [0.3, 0.4) is 0 Å². The highest BCUT2D eigenvalue weighted by Crippen LogP contribution is 2.35. The van der Waals surface area contributed by atoms with E-state index in [1.54, 1.807) is 30.3 Å². The van der Waals surface area contributed by atoms with Crippen molar-refractivity contribution in [3.63, 3.8) is 0 Å². The van der Waals surface area contributed by atoms with Crippen LogP contribution in [0.25, 0.3) is 21.5 Å². The molecule has 4 heteroatoms. The molecule has 0 amide bonds. The number of ether oxygens (including phenoxy) is 2. The smallest absolute Gasteiger partial charge is 0.172 e. The van der Waals surface area contributed by atoms with Crippen LogP contribution in [0.1, 0.15) is 58.8 Å². The molecule has 0 saturated heterocycles. The molecule has 0 aliphatic rings. The first-order valence-electron chi connectivity index (χ1n) is 10.8. The van der Waals surface area contributed by atoms with Crippen molar-refractivity contribution in [1.82, 2.24) is 0 Å². The molecule has 0 atom stereocenters. The standard InChI is InChI=1S/C25H30F2O2/c1-3-5-7-8-9-17-29-23-15-13-19-18-12-14-22(28-16-6-4-2)24(26)20(18)10-11-21(19)25(23)27/h10-15H,3-9,16-17H2,1-2H3. The summed E-state index contributed by atoms with van der Waals surface area (Å²) in [6.07, 6.45) is 7.48. The maximum Gasteiger partial charge on any atom is 0.172 e. The second kappa shape index (κ2) is 10.4. The van der Waals surface area contributed by atoms with Gasteiger partial charge in [-0.3, -0.25) is 0 Å². The lowest BCUT2D eigenvalue weighted by Crippen LogP contribution is -2.00. The predicted molar refractivity (Wildman–Crippen MR) is 116 cm³/mol. The van der Waals surface area contributed by atoms with Crippen LogP contribution in [-0.4, -0.2) is 13.2 Å². The van der Waals surface area contributed by atoms with Crippen molar-refractivity contribution in [2.45, 2.75) is 58.8 Å². The predicted octanol–water partition coefficient (Wildman–Crippen LogP) is 7.80. The molecule has 0 aromatic heterocycles. The first-order valence-corrected chi connectivity index (χ1v) is 10.8. The Labute approximate surface area is 171 Å². The molecule has 3 aromatic rings. The monoisotopic (exact) mass is 400 g/mol. The third kappa shape index (κ3) is 4.98. The van der Waals surface area contributed by atoms with Gasteiger partial charge in [-0.25, -0.2) is 8.78 Å². The SMILES string of the molecule is CCCCCCCOc1ccc2c(ccc3c(F)c(OCCCC)ccc32)c1F. The molecule has 0 unspecified atom stereocenters. The Hall–Kier alpha value is -2.36. The van der Waals surface area contributed by atoms with Crippen LogP contribution in [0.2, 0.25) is 0 Å². The van der Waals surface area contributed by atoms with Crippen molar-refractivity contribution in [1.29, 1.82) is 0 Å². The zero-order valence-corrected chi connectivity index (χ0v) is 17.4. The van der Waals surface area contributed by atoms with E-state index < -0.39 is 5.82 Å². The number of hydrogen-bond donors (Lipinski definition) is 0. The molecule has 3 rings (SSSR count). The Morgan fingerprint density at radius 2 is 1.00 bits per heavy atom. The third-order valence-corrected chi connectivity index (χ3v) is 5.26. The van der Waals surface area contributed by atoms with E-state index in [9.17, 15) is 8.78 Å². The van der Waals surface area contributed by atoms with Crippen molar-refractivity contribution < 1.29 is 18.3 Å². The first-order chi connectivity index (χ1) is 14.2. The van der Waals surface area contributed by atoms with Crippen molar-refractivity contribution in [2.24, 2.45) is 0 Å². The van der Waals surface area contributed by atoms with E-state index in [0.717, 1.165) is 25.7 Å². The highest BCUT2D eigenvalue weighted by atomic mass is 19.1. The number of rotatable bonds is 11. The van der Waals surface area contributed by atoms with Crippen LogP contribution in [-0.2, 0) is 0 Å². The summed E-state index contributed by atoms with van der Waals surface area (Å²) >= 11 is 0. The summed E-state index contributed by atoms with van der Waals surface area (Å²) in [6, 6.07) is 10.1. The molecule has 156 valence electrons. The quantitative estimate of drug-likeness (QED) is 0.241. The summed E-state index contributed by atoms with van der Waals surface area (Å²) in [5.41, 5.74) is 0. The van der Waals surface area contributed by atoms with E-state index in [1.807, 2.05) is 6.07 Å². The molecular formula is C25H30F2O2. The van der Waals surface area contributed by atoms with E-state index in [0.29, 0.717) is 34.8 Å². The van der Waals surface area contributed by atoms with Crippen molar-refractivity contribution >= 4 is 21.5 Å². The summed E-state index contributed by atoms with van der Waals surface area (Å²) < 4.78 is 41.0. The van der Waals surface area contributed by atoms with Gasteiger partial charge in [-0.1, -0.05) is 58.1 Å². The van der Waals surface area contributed by atoms with Gasteiger partial charge in [0.05, 0.1) is 13.2 Å². The van der Waals surface area contributed by atoms with Gasteiger partial charge in [-0.15, -0.1) is 0 Å². The van der Waals surface area contributed by atoms with E-state index in [-0.39, 0.29) is 17.3 Å². The number of hydrogen-bond acceptors (Lipinski definition) is 2. The molecule has 0 spiro atoms. The maximum absolute atomic E-state index is 15.0. The minimum Gasteiger partial charge on any atom is -0.490 e. The van der Waals surface area contributed by atoms with Gasteiger partial charge in [0, 0.05) is 10.8 Å². The van der Waals surface area contributed by atoms with E-state index in [2.05, 4.69) is 13.8 Å².